The number of anilines is 1. The van der Waals surface area contributed by atoms with Crippen molar-refractivity contribution in [1.29, 1.82) is 0 Å². The Labute approximate surface area is 145 Å². The van der Waals surface area contributed by atoms with E-state index in [0.29, 0.717) is 10.0 Å². The van der Waals surface area contributed by atoms with Crippen molar-refractivity contribution in [2.45, 2.75) is 20.0 Å². The SMILES string of the molecule is Cc1ccc(OC(C)C(=O)Nc2ccc(Br)cc2F)c([N+](=O)[O-])c1. The first-order chi connectivity index (χ1) is 11.3. The number of ether oxygens (including phenoxy) is 1. The Hall–Kier alpha value is -2.48. The molecule has 6 nitrogen and oxygen atoms in total. The van der Waals surface area contributed by atoms with Gasteiger partial charge in [0.1, 0.15) is 5.82 Å². The molecule has 1 unspecified atom stereocenters. The molecule has 0 saturated carbocycles. The van der Waals surface area contributed by atoms with Crippen LogP contribution in [0, 0.1) is 22.9 Å². The third-order valence-corrected chi connectivity index (χ3v) is 3.67. The normalized spacial score (nSPS) is 11.7. The minimum absolute atomic E-state index is 0.00273. The first-order valence-electron chi connectivity index (χ1n) is 6.95. The summed E-state index contributed by atoms with van der Waals surface area (Å²) >= 11 is 3.12. The number of hydrogen-bond acceptors (Lipinski definition) is 4. The molecule has 24 heavy (non-hydrogen) atoms. The van der Waals surface area contributed by atoms with Gasteiger partial charge >= 0.3 is 5.69 Å². The Morgan fingerprint density at radius 1 is 1.33 bits per heavy atom. The number of nitro groups is 1. The molecule has 0 fully saturated rings. The molecule has 0 aromatic heterocycles. The molecule has 2 aromatic rings. The maximum absolute atomic E-state index is 13.7. The van der Waals surface area contributed by atoms with Crippen molar-refractivity contribution >= 4 is 33.2 Å². The predicted molar refractivity (Wildman–Crippen MR) is 90.7 cm³/mol. The third-order valence-electron chi connectivity index (χ3n) is 3.17. The summed E-state index contributed by atoms with van der Waals surface area (Å²) in [5, 5.41) is 13.5. The molecule has 0 aliphatic rings. The molecule has 0 heterocycles. The zero-order chi connectivity index (χ0) is 17.9. The topological polar surface area (TPSA) is 81.5 Å². The number of hydrogen-bond donors (Lipinski definition) is 1. The monoisotopic (exact) mass is 396 g/mol. The Bertz CT molecular complexity index is 798. The van der Waals surface area contributed by atoms with E-state index in [1.807, 2.05) is 0 Å². The summed E-state index contributed by atoms with van der Waals surface area (Å²) < 4.78 is 19.7. The molecule has 8 heteroatoms. The van der Waals surface area contributed by atoms with E-state index in [4.69, 9.17) is 4.74 Å². The molecule has 1 amide bonds. The van der Waals surface area contributed by atoms with E-state index >= 15 is 0 Å². The number of halogens is 2. The van der Waals surface area contributed by atoms with E-state index in [0.717, 1.165) is 0 Å². The zero-order valence-electron chi connectivity index (χ0n) is 12.9. The van der Waals surface area contributed by atoms with Gasteiger partial charge < -0.3 is 10.1 Å². The van der Waals surface area contributed by atoms with E-state index < -0.39 is 22.8 Å². The summed E-state index contributed by atoms with van der Waals surface area (Å²) in [6, 6.07) is 8.62. The molecule has 126 valence electrons. The molecule has 0 radical (unpaired) electrons. The lowest BCUT2D eigenvalue weighted by atomic mass is 10.2. The Kier molecular flexibility index (Phi) is 5.50. The van der Waals surface area contributed by atoms with Crippen LogP contribution in [0.15, 0.2) is 40.9 Å². The summed E-state index contributed by atoms with van der Waals surface area (Å²) in [7, 11) is 0. The number of aryl methyl sites for hydroxylation is 1. The highest BCUT2D eigenvalue weighted by Gasteiger charge is 2.22. The van der Waals surface area contributed by atoms with Crippen LogP contribution in [0.3, 0.4) is 0 Å². The van der Waals surface area contributed by atoms with E-state index in [1.54, 1.807) is 19.1 Å². The van der Waals surface area contributed by atoms with Gasteiger partial charge in [0, 0.05) is 10.5 Å². The quantitative estimate of drug-likeness (QED) is 0.606. The lowest BCUT2D eigenvalue weighted by Crippen LogP contribution is -2.30. The largest absolute Gasteiger partial charge is 0.474 e. The molecular weight excluding hydrogens is 383 g/mol. The van der Waals surface area contributed by atoms with Gasteiger partial charge in [0.2, 0.25) is 0 Å². The van der Waals surface area contributed by atoms with Gasteiger partial charge in [-0.3, -0.25) is 14.9 Å². The predicted octanol–water partition coefficient (Wildman–Crippen LogP) is 4.21. The van der Waals surface area contributed by atoms with Crippen molar-refractivity contribution in [3.63, 3.8) is 0 Å². The van der Waals surface area contributed by atoms with Gasteiger partial charge in [-0.15, -0.1) is 0 Å². The van der Waals surface area contributed by atoms with E-state index in [9.17, 15) is 19.3 Å². The van der Waals surface area contributed by atoms with Crippen molar-refractivity contribution in [2.75, 3.05) is 5.32 Å². The van der Waals surface area contributed by atoms with Crippen LogP contribution in [0.25, 0.3) is 0 Å². The number of nitrogens with zero attached hydrogens (tertiary/aromatic N) is 1. The summed E-state index contributed by atoms with van der Waals surface area (Å²) in [5.74, 6) is -1.25. The fourth-order valence-electron chi connectivity index (χ4n) is 1.94. The molecule has 0 spiro atoms. The second-order valence-electron chi connectivity index (χ2n) is 5.10. The first kappa shape index (κ1) is 17.9. The van der Waals surface area contributed by atoms with Crippen molar-refractivity contribution in [3.05, 3.63) is 62.4 Å². The summed E-state index contributed by atoms with van der Waals surface area (Å²) in [6.07, 6.45) is -1.05. The van der Waals surface area contributed by atoms with Gasteiger partial charge in [0.15, 0.2) is 11.9 Å². The van der Waals surface area contributed by atoms with Crippen LogP contribution in [-0.2, 0) is 4.79 Å². The third kappa shape index (κ3) is 4.29. The minimum Gasteiger partial charge on any atom is -0.474 e. The molecule has 0 saturated heterocycles. The van der Waals surface area contributed by atoms with E-state index in [1.165, 1.54) is 31.2 Å². The van der Waals surface area contributed by atoms with Crippen LogP contribution >= 0.6 is 15.9 Å². The molecule has 0 aliphatic heterocycles. The zero-order valence-corrected chi connectivity index (χ0v) is 14.5. The molecule has 2 rings (SSSR count). The number of amides is 1. The van der Waals surface area contributed by atoms with Crippen LogP contribution in [-0.4, -0.2) is 16.9 Å². The van der Waals surface area contributed by atoms with Gasteiger partial charge in [0.25, 0.3) is 5.91 Å². The fourth-order valence-corrected chi connectivity index (χ4v) is 2.27. The number of nitro benzene ring substituents is 1. The Morgan fingerprint density at radius 2 is 2.04 bits per heavy atom. The second kappa shape index (κ2) is 7.39. The maximum atomic E-state index is 13.7. The average Bonchev–Trinajstić information content (AvgIpc) is 2.51. The standard InChI is InChI=1S/C16H14BrFN2O4/c1-9-3-6-15(14(7-9)20(22)23)24-10(2)16(21)19-13-5-4-11(17)8-12(13)18/h3-8,10H,1-2H3,(H,19,21). The van der Waals surface area contributed by atoms with Gasteiger partial charge in [0.05, 0.1) is 10.6 Å². The van der Waals surface area contributed by atoms with Crippen molar-refractivity contribution < 1.29 is 18.8 Å². The highest BCUT2D eigenvalue weighted by atomic mass is 79.9. The van der Waals surface area contributed by atoms with Crippen LogP contribution in [0.5, 0.6) is 5.75 Å². The van der Waals surface area contributed by atoms with Crippen LogP contribution in [0.4, 0.5) is 15.8 Å². The number of nitrogens with one attached hydrogen (secondary N) is 1. The molecule has 1 atom stereocenters. The van der Waals surface area contributed by atoms with Crippen molar-refractivity contribution in [2.24, 2.45) is 0 Å². The lowest BCUT2D eigenvalue weighted by Gasteiger charge is -2.15. The average molecular weight is 397 g/mol. The molecule has 1 N–H and O–H groups in total. The van der Waals surface area contributed by atoms with Gasteiger partial charge in [-0.2, -0.15) is 0 Å². The fraction of sp³-hybridized carbons (Fsp3) is 0.188. The Morgan fingerprint density at radius 3 is 2.67 bits per heavy atom. The van der Waals surface area contributed by atoms with Crippen LogP contribution < -0.4 is 10.1 Å². The minimum atomic E-state index is -1.05. The second-order valence-corrected chi connectivity index (χ2v) is 6.02. The number of benzene rings is 2. The van der Waals surface area contributed by atoms with Gasteiger partial charge in [-0.25, -0.2) is 4.39 Å². The molecule has 0 bridgehead atoms. The summed E-state index contributed by atoms with van der Waals surface area (Å²) in [6.45, 7) is 3.14. The van der Waals surface area contributed by atoms with Crippen LogP contribution in [0.2, 0.25) is 0 Å². The molecular formula is C16H14BrFN2O4. The highest BCUT2D eigenvalue weighted by Crippen LogP contribution is 2.29. The molecule has 2 aromatic carbocycles. The summed E-state index contributed by atoms with van der Waals surface area (Å²) in [4.78, 5) is 22.6. The van der Waals surface area contributed by atoms with Gasteiger partial charge in [-0.05, 0) is 43.7 Å². The smallest absolute Gasteiger partial charge is 0.311 e. The maximum Gasteiger partial charge on any atom is 0.311 e. The lowest BCUT2D eigenvalue weighted by molar-refractivity contribution is -0.386. The van der Waals surface area contributed by atoms with E-state index in [-0.39, 0.29) is 17.1 Å². The van der Waals surface area contributed by atoms with Crippen molar-refractivity contribution in [1.82, 2.24) is 0 Å². The molecule has 0 aliphatic carbocycles. The number of carbonyl (C=O) groups excluding carboxylic acids is 1. The van der Waals surface area contributed by atoms with Gasteiger partial charge in [-0.1, -0.05) is 22.0 Å². The first-order valence-corrected chi connectivity index (χ1v) is 7.75. The van der Waals surface area contributed by atoms with Crippen molar-refractivity contribution in [3.8, 4) is 5.75 Å². The summed E-state index contributed by atoms with van der Waals surface area (Å²) in [5.41, 5.74) is 0.463. The highest BCUT2D eigenvalue weighted by molar-refractivity contribution is 9.10. The Balaban J connectivity index is 2.13. The van der Waals surface area contributed by atoms with Crippen LogP contribution in [0.1, 0.15) is 12.5 Å². The van der Waals surface area contributed by atoms with E-state index in [2.05, 4.69) is 21.2 Å². The number of carbonyl (C=O) groups is 1. The number of rotatable bonds is 5.